The summed E-state index contributed by atoms with van der Waals surface area (Å²) in [5.41, 5.74) is 0. The summed E-state index contributed by atoms with van der Waals surface area (Å²) < 4.78 is 5.92. The summed E-state index contributed by atoms with van der Waals surface area (Å²) in [6.45, 7) is 6.43. The van der Waals surface area contributed by atoms with E-state index >= 15 is 0 Å². The van der Waals surface area contributed by atoms with Gasteiger partial charge in [0.05, 0.1) is 25.2 Å². The van der Waals surface area contributed by atoms with E-state index in [0.29, 0.717) is 19.3 Å². The quantitative estimate of drug-likeness (QED) is 0.0321. The van der Waals surface area contributed by atoms with E-state index in [9.17, 15) is 19.8 Å². The summed E-state index contributed by atoms with van der Waals surface area (Å²) in [6, 6.07) is -0.720. The minimum Gasteiger partial charge on any atom is -0.462 e. The van der Waals surface area contributed by atoms with Crippen LogP contribution in [0.5, 0.6) is 0 Å². The molecule has 1 amide bonds. The summed E-state index contributed by atoms with van der Waals surface area (Å²) in [7, 11) is 0. The normalized spacial score (nSPS) is 13.7. The van der Waals surface area contributed by atoms with Gasteiger partial charge in [-0.1, -0.05) is 223 Å². The number of ether oxygens (including phenoxy) is 1. The number of aliphatic hydroxyl groups excluding tert-OH is 2. The van der Waals surface area contributed by atoms with Crippen molar-refractivity contribution in [3.05, 3.63) is 60.8 Å². The Bertz CT molecular complexity index is 1130. The smallest absolute Gasteiger partial charge is 0.306 e. The van der Waals surface area contributed by atoms with Gasteiger partial charge in [0.2, 0.25) is 5.91 Å². The highest BCUT2D eigenvalue weighted by Gasteiger charge is 2.24. The second-order valence-electron chi connectivity index (χ2n) is 18.3. The van der Waals surface area contributed by atoms with Gasteiger partial charge in [0.25, 0.3) is 0 Å². The van der Waals surface area contributed by atoms with Gasteiger partial charge in [-0.2, -0.15) is 0 Å². The van der Waals surface area contributed by atoms with E-state index < -0.39 is 18.2 Å². The standard InChI is InChI=1S/C57H103NO5/c1-4-7-10-13-16-19-22-25-27-28-30-31-33-36-39-42-45-48-53(63-57(62)50-47-44-41-38-35-32-29-26-23-20-17-14-11-8-5-2)51-56(61)58-54(52-59)55(60)49-46-43-40-37-34-24-21-18-15-12-9-6-3/h16,19-20,23,25,27,30-31,36,39,53-55,59-60H,4-15,17-18,21-22,24,26,28-29,32-35,37-38,40-52H2,1-3H3,(H,58,61)/b19-16-,23-20-,27-25-,31-30-,39-36-. The van der Waals surface area contributed by atoms with E-state index in [-0.39, 0.29) is 24.9 Å². The molecule has 3 N–H and O–H groups in total. The van der Waals surface area contributed by atoms with Crippen LogP contribution in [0.2, 0.25) is 0 Å². The Morgan fingerprint density at radius 1 is 0.460 bits per heavy atom. The van der Waals surface area contributed by atoms with Crippen LogP contribution < -0.4 is 5.32 Å². The Labute approximate surface area is 390 Å². The van der Waals surface area contributed by atoms with Crippen LogP contribution in [0.1, 0.15) is 265 Å². The average molecular weight is 882 g/mol. The van der Waals surface area contributed by atoms with Gasteiger partial charge in [0, 0.05) is 6.42 Å². The van der Waals surface area contributed by atoms with E-state index in [1.165, 1.54) is 148 Å². The molecule has 0 aliphatic heterocycles. The zero-order chi connectivity index (χ0) is 45.9. The number of aliphatic hydroxyl groups is 2. The average Bonchev–Trinajstić information content (AvgIpc) is 3.28. The molecule has 0 radical (unpaired) electrons. The number of nitrogens with one attached hydrogen (secondary N) is 1. The van der Waals surface area contributed by atoms with Crippen LogP contribution in [0.3, 0.4) is 0 Å². The molecule has 63 heavy (non-hydrogen) atoms. The van der Waals surface area contributed by atoms with Crippen LogP contribution in [-0.2, 0) is 14.3 Å². The van der Waals surface area contributed by atoms with Gasteiger partial charge in [0.1, 0.15) is 6.10 Å². The van der Waals surface area contributed by atoms with Crippen molar-refractivity contribution >= 4 is 11.9 Å². The first-order chi connectivity index (χ1) is 31.0. The van der Waals surface area contributed by atoms with Crippen molar-refractivity contribution in [1.82, 2.24) is 5.32 Å². The van der Waals surface area contributed by atoms with E-state index in [1.807, 2.05) is 0 Å². The first-order valence-electron chi connectivity index (χ1n) is 27.0. The Morgan fingerprint density at radius 2 is 0.825 bits per heavy atom. The predicted octanol–water partition coefficient (Wildman–Crippen LogP) is 16.4. The number of carbonyl (C=O) groups is 2. The van der Waals surface area contributed by atoms with Gasteiger partial charge >= 0.3 is 5.97 Å². The van der Waals surface area contributed by atoms with Crippen molar-refractivity contribution in [1.29, 1.82) is 0 Å². The fourth-order valence-electron chi connectivity index (χ4n) is 7.94. The second kappa shape index (κ2) is 50.6. The van der Waals surface area contributed by atoms with Gasteiger partial charge in [-0.05, 0) is 89.9 Å². The monoisotopic (exact) mass is 882 g/mol. The number of carbonyl (C=O) groups excluding carboxylic acids is 2. The molecule has 6 heteroatoms. The third kappa shape index (κ3) is 45.9. The molecule has 0 heterocycles. The molecule has 0 aliphatic carbocycles. The summed E-state index contributed by atoms with van der Waals surface area (Å²) in [5, 5.41) is 23.8. The number of amides is 1. The zero-order valence-electron chi connectivity index (χ0n) is 41.7. The molecular formula is C57H103NO5. The third-order valence-electron chi connectivity index (χ3n) is 12.1. The number of allylic oxidation sites excluding steroid dienone is 10. The Balaban J connectivity index is 4.69. The largest absolute Gasteiger partial charge is 0.462 e. The van der Waals surface area contributed by atoms with Crippen molar-refractivity contribution in [2.75, 3.05) is 6.61 Å². The lowest BCUT2D eigenvalue weighted by Crippen LogP contribution is -2.46. The third-order valence-corrected chi connectivity index (χ3v) is 12.1. The van der Waals surface area contributed by atoms with Crippen LogP contribution in [0, 0.1) is 0 Å². The SMILES string of the molecule is CCCCC/C=C\C/C=C\C/C=C\C/C=C\CCCC(CC(=O)NC(CO)C(O)CCCCCCCCCCCCCC)OC(=O)CCCCCCCCC/C=C\CCCCCC. The minimum atomic E-state index is -0.803. The molecule has 0 saturated carbocycles. The Morgan fingerprint density at radius 3 is 1.32 bits per heavy atom. The van der Waals surface area contributed by atoms with Gasteiger partial charge in [-0.3, -0.25) is 9.59 Å². The van der Waals surface area contributed by atoms with Crippen molar-refractivity contribution in [2.45, 2.75) is 283 Å². The Kier molecular flexibility index (Phi) is 48.6. The predicted molar refractivity (Wildman–Crippen MR) is 273 cm³/mol. The lowest BCUT2D eigenvalue weighted by Gasteiger charge is -2.24. The van der Waals surface area contributed by atoms with Crippen LogP contribution in [0.25, 0.3) is 0 Å². The van der Waals surface area contributed by atoms with Crippen LogP contribution in [0.15, 0.2) is 60.8 Å². The molecule has 3 atom stereocenters. The highest BCUT2D eigenvalue weighted by Crippen LogP contribution is 2.17. The molecule has 0 spiro atoms. The number of hydrogen-bond acceptors (Lipinski definition) is 5. The van der Waals surface area contributed by atoms with Crippen LogP contribution in [0.4, 0.5) is 0 Å². The minimum absolute atomic E-state index is 0.0379. The molecule has 3 unspecified atom stereocenters. The molecular weight excluding hydrogens is 779 g/mol. The van der Waals surface area contributed by atoms with E-state index in [0.717, 1.165) is 70.6 Å². The van der Waals surface area contributed by atoms with Gasteiger partial charge in [-0.25, -0.2) is 0 Å². The maximum Gasteiger partial charge on any atom is 0.306 e. The van der Waals surface area contributed by atoms with E-state index in [2.05, 4.69) is 86.8 Å². The van der Waals surface area contributed by atoms with Crippen molar-refractivity contribution < 1.29 is 24.5 Å². The maximum absolute atomic E-state index is 13.2. The van der Waals surface area contributed by atoms with E-state index in [4.69, 9.17) is 4.74 Å². The molecule has 0 aliphatic rings. The number of unbranched alkanes of at least 4 members (excludes halogenated alkanes) is 26. The van der Waals surface area contributed by atoms with Crippen molar-refractivity contribution in [3.63, 3.8) is 0 Å². The van der Waals surface area contributed by atoms with Gasteiger partial charge in [-0.15, -0.1) is 0 Å². The molecule has 6 nitrogen and oxygen atoms in total. The van der Waals surface area contributed by atoms with Crippen molar-refractivity contribution in [2.24, 2.45) is 0 Å². The summed E-state index contributed by atoms with van der Waals surface area (Å²) in [6.07, 6.45) is 62.8. The second-order valence-corrected chi connectivity index (χ2v) is 18.3. The lowest BCUT2D eigenvalue weighted by molar-refractivity contribution is -0.151. The molecule has 366 valence electrons. The summed E-state index contributed by atoms with van der Waals surface area (Å²) in [5.74, 6) is -0.529. The number of rotatable bonds is 48. The molecule has 0 fully saturated rings. The number of hydrogen-bond donors (Lipinski definition) is 3. The highest BCUT2D eigenvalue weighted by atomic mass is 16.5. The topological polar surface area (TPSA) is 95.9 Å². The highest BCUT2D eigenvalue weighted by molar-refractivity contribution is 5.77. The molecule has 0 saturated heterocycles. The zero-order valence-corrected chi connectivity index (χ0v) is 41.7. The Hall–Kier alpha value is -2.44. The lowest BCUT2D eigenvalue weighted by atomic mass is 10.0. The fourth-order valence-corrected chi connectivity index (χ4v) is 7.94. The number of esters is 1. The first-order valence-corrected chi connectivity index (χ1v) is 27.0. The van der Waals surface area contributed by atoms with Crippen LogP contribution in [-0.4, -0.2) is 46.9 Å². The molecule has 0 aromatic heterocycles. The molecule has 0 aromatic carbocycles. The first kappa shape index (κ1) is 60.6. The van der Waals surface area contributed by atoms with Gasteiger partial charge in [0.15, 0.2) is 0 Å². The van der Waals surface area contributed by atoms with E-state index in [1.54, 1.807) is 0 Å². The van der Waals surface area contributed by atoms with Gasteiger partial charge < -0.3 is 20.3 Å². The fraction of sp³-hybridized carbons (Fsp3) is 0.789. The molecule has 0 rings (SSSR count). The van der Waals surface area contributed by atoms with Crippen LogP contribution >= 0.6 is 0 Å². The summed E-state index contributed by atoms with van der Waals surface area (Å²) in [4.78, 5) is 26.2. The molecule has 0 aromatic rings. The van der Waals surface area contributed by atoms with Crippen molar-refractivity contribution in [3.8, 4) is 0 Å². The maximum atomic E-state index is 13.2. The molecule has 0 bridgehead atoms. The summed E-state index contributed by atoms with van der Waals surface area (Å²) >= 11 is 0.